The summed E-state index contributed by atoms with van der Waals surface area (Å²) in [5, 5.41) is 2.85. The van der Waals surface area contributed by atoms with Gasteiger partial charge in [-0.05, 0) is 61.9 Å². The summed E-state index contributed by atoms with van der Waals surface area (Å²) in [6, 6.07) is 13.3. The molecule has 0 saturated carbocycles. The molecule has 1 N–H and O–H groups in total. The Morgan fingerprint density at radius 2 is 1.65 bits per heavy atom. The molecule has 0 fully saturated rings. The Bertz CT molecular complexity index is 752. The van der Waals surface area contributed by atoms with Crippen LogP contribution < -0.4 is 19.7 Å². The third kappa shape index (κ3) is 5.55. The van der Waals surface area contributed by atoms with Crippen LogP contribution >= 0.6 is 0 Å². The van der Waals surface area contributed by atoms with Crippen LogP contribution in [0.4, 0.5) is 11.4 Å². The first-order valence-electron chi connectivity index (χ1n) is 8.69. The van der Waals surface area contributed by atoms with Crippen molar-refractivity contribution in [1.29, 1.82) is 0 Å². The van der Waals surface area contributed by atoms with E-state index in [0.717, 1.165) is 16.9 Å². The van der Waals surface area contributed by atoms with Crippen molar-refractivity contribution < 1.29 is 14.3 Å². The van der Waals surface area contributed by atoms with Gasteiger partial charge in [0.05, 0.1) is 13.2 Å². The van der Waals surface area contributed by atoms with Crippen LogP contribution in [0.15, 0.2) is 48.5 Å². The van der Waals surface area contributed by atoms with Gasteiger partial charge in [-0.1, -0.05) is 6.07 Å². The number of benzene rings is 2. The van der Waals surface area contributed by atoms with Gasteiger partial charge in [0.1, 0.15) is 0 Å². The number of anilines is 2. The van der Waals surface area contributed by atoms with E-state index >= 15 is 0 Å². The van der Waals surface area contributed by atoms with Crippen LogP contribution in [0.5, 0.6) is 11.5 Å². The Labute approximate surface area is 155 Å². The Kier molecular flexibility index (Phi) is 7.09. The number of hydrogen-bond acceptors (Lipinski definition) is 4. The third-order valence-corrected chi connectivity index (χ3v) is 3.65. The molecule has 2 rings (SSSR count). The van der Waals surface area contributed by atoms with Gasteiger partial charge in [0.15, 0.2) is 11.5 Å². The summed E-state index contributed by atoms with van der Waals surface area (Å²) in [7, 11) is 3.95. The second-order valence-corrected chi connectivity index (χ2v) is 5.84. The zero-order valence-electron chi connectivity index (χ0n) is 15.8. The van der Waals surface area contributed by atoms with Crippen molar-refractivity contribution in [3.05, 3.63) is 54.1 Å². The fourth-order valence-electron chi connectivity index (χ4n) is 2.37. The monoisotopic (exact) mass is 354 g/mol. The standard InChI is InChI=1S/C21H26N2O3/c1-5-25-19-13-7-16(15-20(19)26-6-2)8-14-21(24)22-17-9-11-18(12-10-17)23(3)4/h7-15H,5-6H2,1-4H3,(H,22,24). The zero-order valence-corrected chi connectivity index (χ0v) is 15.8. The van der Waals surface area contributed by atoms with Crippen molar-refractivity contribution in [3.8, 4) is 11.5 Å². The second-order valence-electron chi connectivity index (χ2n) is 5.84. The molecule has 0 aromatic heterocycles. The molecule has 2 aromatic carbocycles. The molecule has 0 saturated heterocycles. The van der Waals surface area contributed by atoms with E-state index in [2.05, 4.69) is 5.32 Å². The summed E-state index contributed by atoms with van der Waals surface area (Å²) in [6.45, 7) is 4.98. The van der Waals surface area contributed by atoms with E-state index in [4.69, 9.17) is 9.47 Å². The molecule has 0 aliphatic heterocycles. The van der Waals surface area contributed by atoms with Crippen molar-refractivity contribution in [2.45, 2.75) is 13.8 Å². The molecule has 138 valence electrons. The predicted octanol–water partition coefficient (Wildman–Crippen LogP) is 4.20. The van der Waals surface area contributed by atoms with Crippen LogP contribution in [0.25, 0.3) is 6.08 Å². The average molecular weight is 354 g/mol. The number of hydrogen-bond donors (Lipinski definition) is 1. The van der Waals surface area contributed by atoms with Crippen molar-refractivity contribution in [1.82, 2.24) is 0 Å². The lowest BCUT2D eigenvalue weighted by Gasteiger charge is -2.12. The van der Waals surface area contributed by atoms with Crippen LogP contribution in [-0.4, -0.2) is 33.2 Å². The Hall–Kier alpha value is -2.95. The number of ether oxygens (including phenoxy) is 2. The first kappa shape index (κ1) is 19.4. The third-order valence-electron chi connectivity index (χ3n) is 3.65. The highest BCUT2D eigenvalue weighted by molar-refractivity contribution is 6.02. The number of amides is 1. The quantitative estimate of drug-likeness (QED) is 0.722. The minimum Gasteiger partial charge on any atom is -0.490 e. The second kappa shape index (κ2) is 9.51. The van der Waals surface area contributed by atoms with Gasteiger partial charge >= 0.3 is 0 Å². The maximum atomic E-state index is 12.1. The van der Waals surface area contributed by atoms with Crippen LogP contribution in [0.2, 0.25) is 0 Å². The molecule has 5 nitrogen and oxygen atoms in total. The van der Waals surface area contributed by atoms with Gasteiger partial charge in [0.25, 0.3) is 0 Å². The van der Waals surface area contributed by atoms with Gasteiger partial charge in [-0.15, -0.1) is 0 Å². The van der Waals surface area contributed by atoms with E-state index in [0.29, 0.717) is 24.7 Å². The Balaban J connectivity index is 2.03. The van der Waals surface area contributed by atoms with Gasteiger partial charge in [-0.25, -0.2) is 0 Å². The van der Waals surface area contributed by atoms with Crippen molar-refractivity contribution in [3.63, 3.8) is 0 Å². The fourth-order valence-corrected chi connectivity index (χ4v) is 2.37. The largest absolute Gasteiger partial charge is 0.490 e. The number of nitrogens with one attached hydrogen (secondary N) is 1. The van der Waals surface area contributed by atoms with E-state index in [1.165, 1.54) is 6.08 Å². The number of carbonyl (C=O) groups excluding carboxylic acids is 1. The summed E-state index contributed by atoms with van der Waals surface area (Å²) in [4.78, 5) is 14.1. The molecule has 0 aliphatic carbocycles. The lowest BCUT2D eigenvalue weighted by atomic mass is 10.2. The molecule has 0 spiro atoms. The molecule has 0 unspecified atom stereocenters. The minimum atomic E-state index is -0.186. The molecular formula is C21H26N2O3. The van der Waals surface area contributed by atoms with Crippen LogP contribution in [0.1, 0.15) is 19.4 Å². The molecule has 26 heavy (non-hydrogen) atoms. The Morgan fingerprint density at radius 1 is 1.00 bits per heavy atom. The molecule has 5 heteroatoms. The number of carbonyl (C=O) groups is 1. The smallest absolute Gasteiger partial charge is 0.248 e. The maximum absolute atomic E-state index is 12.1. The van der Waals surface area contributed by atoms with Crippen molar-refractivity contribution in [2.24, 2.45) is 0 Å². The topological polar surface area (TPSA) is 50.8 Å². The summed E-state index contributed by atoms with van der Waals surface area (Å²) in [5.41, 5.74) is 2.71. The van der Waals surface area contributed by atoms with Gasteiger partial charge in [0.2, 0.25) is 5.91 Å². The predicted molar refractivity (Wildman–Crippen MR) is 107 cm³/mol. The van der Waals surface area contributed by atoms with E-state index in [9.17, 15) is 4.79 Å². The molecule has 0 aliphatic rings. The van der Waals surface area contributed by atoms with Crippen LogP contribution in [0.3, 0.4) is 0 Å². The summed E-state index contributed by atoms with van der Waals surface area (Å²) >= 11 is 0. The number of nitrogens with zero attached hydrogens (tertiary/aromatic N) is 1. The average Bonchev–Trinajstić information content (AvgIpc) is 2.62. The summed E-state index contributed by atoms with van der Waals surface area (Å²) in [5.74, 6) is 1.20. The van der Waals surface area contributed by atoms with Gasteiger partial charge in [-0.2, -0.15) is 0 Å². The zero-order chi connectivity index (χ0) is 18.9. The first-order chi connectivity index (χ1) is 12.5. The molecule has 2 aromatic rings. The summed E-state index contributed by atoms with van der Waals surface area (Å²) < 4.78 is 11.1. The maximum Gasteiger partial charge on any atom is 0.248 e. The molecular weight excluding hydrogens is 328 g/mol. The SMILES string of the molecule is CCOc1ccc(C=CC(=O)Nc2ccc(N(C)C)cc2)cc1OCC. The lowest BCUT2D eigenvalue weighted by Crippen LogP contribution is -2.10. The molecule has 0 atom stereocenters. The first-order valence-corrected chi connectivity index (χ1v) is 8.69. The molecule has 0 bridgehead atoms. The minimum absolute atomic E-state index is 0.186. The Morgan fingerprint density at radius 3 is 2.27 bits per heavy atom. The lowest BCUT2D eigenvalue weighted by molar-refractivity contribution is -0.111. The van der Waals surface area contributed by atoms with Crippen molar-refractivity contribution >= 4 is 23.4 Å². The van der Waals surface area contributed by atoms with Gasteiger partial charge in [-0.3, -0.25) is 4.79 Å². The highest BCUT2D eigenvalue weighted by Gasteiger charge is 2.05. The summed E-state index contributed by atoms with van der Waals surface area (Å²) in [6.07, 6.45) is 3.26. The number of rotatable bonds is 8. The van der Waals surface area contributed by atoms with Crippen LogP contribution in [-0.2, 0) is 4.79 Å². The van der Waals surface area contributed by atoms with E-state index in [1.54, 1.807) is 6.08 Å². The molecule has 1 amide bonds. The van der Waals surface area contributed by atoms with Crippen LogP contribution in [0, 0.1) is 0 Å². The van der Waals surface area contributed by atoms with Gasteiger partial charge in [0, 0.05) is 31.5 Å². The normalized spacial score (nSPS) is 10.6. The van der Waals surface area contributed by atoms with Crippen molar-refractivity contribution in [2.75, 3.05) is 37.5 Å². The van der Waals surface area contributed by atoms with Gasteiger partial charge < -0.3 is 19.7 Å². The highest BCUT2D eigenvalue weighted by Crippen LogP contribution is 2.29. The highest BCUT2D eigenvalue weighted by atomic mass is 16.5. The van der Waals surface area contributed by atoms with E-state index in [-0.39, 0.29) is 5.91 Å². The van der Waals surface area contributed by atoms with E-state index in [1.807, 2.05) is 75.3 Å². The fraction of sp³-hybridized carbons (Fsp3) is 0.286. The van der Waals surface area contributed by atoms with E-state index < -0.39 is 0 Å². The molecule has 0 heterocycles. The molecule has 0 radical (unpaired) electrons.